The van der Waals surface area contributed by atoms with Crippen LogP contribution in [0.5, 0.6) is 0 Å². The minimum Gasteiger partial charge on any atom is -0.258 e. The smallest absolute Gasteiger partial charge is 0.258 e. The molecule has 0 aliphatic carbocycles. The van der Waals surface area contributed by atoms with E-state index < -0.39 is 4.92 Å². The van der Waals surface area contributed by atoms with E-state index in [1.54, 1.807) is 12.1 Å². The summed E-state index contributed by atoms with van der Waals surface area (Å²) in [6.07, 6.45) is 1.51. The van der Waals surface area contributed by atoms with Crippen molar-refractivity contribution in [2.75, 3.05) is 0 Å². The molecule has 0 aliphatic rings. The summed E-state index contributed by atoms with van der Waals surface area (Å²) >= 11 is 0. The Morgan fingerprint density at radius 3 is 2.93 bits per heavy atom. The second-order valence-corrected chi connectivity index (χ2v) is 2.66. The van der Waals surface area contributed by atoms with E-state index >= 15 is 0 Å². The summed E-state index contributed by atoms with van der Waals surface area (Å²) < 4.78 is 0. The molecule has 0 saturated carbocycles. The Balaban J connectivity index is 2.46. The minimum atomic E-state index is -0.441. The summed E-state index contributed by atoms with van der Waals surface area (Å²) in [4.78, 5) is 10.0. The molecule has 0 amide bonds. The van der Waals surface area contributed by atoms with Gasteiger partial charge in [-0.05, 0) is 0 Å². The van der Waals surface area contributed by atoms with Crippen LogP contribution in [0.2, 0.25) is 0 Å². The highest BCUT2D eigenvalue weighted by molar-refractivity contribution is 5.61. The fourth-order valence-corrected chi connectivity index (χ4v) is 1.12. The first-order chi connectivity index (χ1) is 6.77. The number of aromatic amines is 1. The lowest BCUT2D eigenvalue weighted by Gasteiger charge is -1.94. The van der Waals surface area contributed by atoms with E-state index in [1.165, 1.54) is 18.3 Å². The number of nitrogens with zero attached hydrogens (tertiary/aromatic N) is 3. The van der Waals surface area contributed by atoms with E-state index in [-0.39, 0.29) is 5.69 Å². The van der Waals surface area contributed by atoms with E-state index in [4.69, 9.17) is 0 Å². The normalized spacial score (nSPS) is 10.0. The molecular weight excluding hydrogens is 184 g/mol. The summed E-state index contributed by atoms with van der Waals surface area (Å²) in [7, 11) is 0. The van der Waals surface area contributed by atoms with Crippen LogP contribution >= 0.6 is 0 Å². The van der Waals surface area contributed by atoms with E-state index in [0.29, 0.717) is 11.3 Å². The third-order valence-corrected chi connectivity index (χ3v) is 1.77. The van der Waals surface area contributed by atoms with Crippen molar-refractivity contribution >= 4 is 5.69 Å². The first-order valence-corrected chi connectivity index (χ1v) is 3.88. The quantitative estimate of drug-likeness (QED) is 0.572. The number of benzene rings is 1. The van der Waals surface area contributed by atoms with Crippen LogP contribution in [0.3, 0.4) is 0 Å². The molecule has 2 rings (SSSR count). The fraction of sp³-hybridized carbons (Fsp3) is 0. The molecule has 0 saturated heterocycles. The summed E-state index contributed by atoms with van der Waals surface area (Å²) in [5.41, 5.74) is 1.31. The van der Waals surface area contributed by atoms with Gasteiger partial charge in [0.15, 0.2) is 0 Å². The fourth-order valence-electron chi connectivity index (χ4n) is 1.12. The first kappa shape index (κ1) is 8.36. The predicted octanol–water partition coefficient (Wildman–Crippen LogP) is 1.38. The van der Waals surface area contributed by atoms with Crippen molar-refractivity contribution in [2.45, 2.75) is 0 Å². The molecule has 1 heterocycles. The van der Waals surface area contributed by atoms with Crippen LogP contribution in [-0.4, -0.2) is 20.3 Å². The SMILES string of the molecule is O=[N+]([O-])c1cccc(-c2cn[nH]n2)c1. The van der Waals surface area contributed by atoms with Crippen molar-refractivity contribution in [1.82, 2.24) is 15.4 Å². The van der Waals surface area contributed by atoms with Crippen LogP contribution in [0.4, 0.5) is 5.69 Å². The summed E-state index contributed by atoms with van der Waals surface area (Å²) in [6, 6.07) is 6.24. The van der Waals surface area contributed by atoms with Crippen molar-refractivity contribution in [3.8, 4) is 11.3 Å². The Kier molecular flexibility index (Phi) is 1.94. The number of nitrogens with one attached hydrogen (secondary N) is 1. The van der Waals surface area contributed by atoms with Crippen LogP contribution < -0.4 is 0 Å². The number of hydrogen-bond donors (Lipinski definition) is 1. The first-order valence-electron chi connectivity index (χ1n) is 3.88. The number of aromatic nitrogens is 3. The molecule has 0 atom stereocenters. The van der Waals surface area contributed by atoms with Crippen LogP contribution in [-0.2, 0) is 0 Å². The summed E-state index contributed by atoms with van der Waals surface area (Å²) in [5, 5.41) is 20.4. The van der Waals surface area contributed by atoms with Crippen molar-refractivity contribution in [1.29, 1.82) is 0 Å². The monoisotopic (exact) mass is 190 g/mol. The van der Waals surface area contributed by atoms with Gasteiger partial charge in [-0.1, -0.05) is 12.1 Å². The van der Waals surface area contributed by atoms with Crippen LogP contribution in [0, 0.1) is 10.1 Å². The van der Waals surface area contributed by atoms with Crippen LogP contribution in [0.1, 0.15) is 0 Å². The van der Waals surface area contributed by atoms with E-state index in [9.17, 15) is 10.1 Å². The van der Waals surface area contributed by atoms with Gasteiger partial charge in [0.2, 0.25) is 0 Å². The number of hydrogen-bond acceptors (Lipinski definition) is 4. The molecule has 1 aromatic heterocycles. The van der Waals surface area contributed by atoms with Gasteiger partial charge in [-0.25, -0.2) is 0 Å². The molecule has 6 heteroatoms. The average Bonchev–Trinajstić information content (AvgIpc) is 2.71. The lowest BCUT2D eigenvalue weighted by molar-refractivity contribution is -0.384. The van der Waals surface area contributed by atoms with Gasteiger partial charge in [0.05, 0.1) is 11.1 Å². The maximum atomic E-state index is 10.5. The maximum absolute atomic E-state index is 10.5. The van der Waals surface area contributed by atoms with Gasteiger partial charge in [0.1, 0.15) is 5.69 Å². The zero-order valence-electron chi connectivity index (χ0n) is 7.04. The Labute approximate surface area is 78.7 Å². The van der Waals surface area contributed by atoms with Gasteiger partial charge in [-0.2, -0.15) is 15.4 Å². The third-order valence-electron chi connectivity index (χ3n) is 1.77. The molecule has 1 aromatic carbocycles. The van der Waals surface area contributed by atoms with Gasteiger partial charge in [0, 0.05) is 17.7 Å². The summed E-state index contributed by atoms with van der Waals surface area (Å²) in [6.45, 7) is 0. The topological polar surface area (TPSA) is 84.7 Å². The van der Waals surface area contributed by atoms with E-state index in [2.05, 4.69) is 15.4 Å². The predicted molar refractivity (Wildman–Crippen MR) is 48.5 cm³/mol. The highest BCUT2D eigenvalue weighted by Crippen LogP contribution is 2.20. The second-order valence-electron chi connectivity index (χ2n) is 2.66. The minimum absolute atomic E-state index is 0.0468. The van der Waals surface area contributed by atoms with Gasteiger partial charge in [0.25, 0.3) is 5.69 Å². The van der Waals surface area contributed by atoms with Crippen molar-refractivity contribution in [3.05, 3.63) is 40.6 Å². The zero-order chi connectivity index (χ0) is 9.97. The Hall–Kier alpha value is -2.24. The van der Waals surface area contributed by atoms with Crippen molar-refractivity contribution in [2.24, 2.45) is 0 Å². The highest BCUT2D eigenvalue weighted by Gasteiger charge is 2.07. The van der Waals surface area contributed by atoms with E-state index in [0.717, 1.165) is 0 Å². The second kappa shape index (κ2) is 3.25. The molecule has 6 nitrogen and oxygen atoms in total. The number of nitro benzene ring substituents is 1. The standard InChI is InChI=1S/C8H6N4O2/c13-12(14)7-3-1-2-6(4-7)8-5-9-11-10-8/h1-5H,(H,9,10,11). The largest absolute Gasteiger partial charge is 0.270 e. The van der Waals surface area contributed by atoms with Crippen LogP contribution in [0.15, 0.2) is 30.5 Å². The zero-order valence-corrected chi connectivity index (χ0v) is 7.04. The molecular formula is C8H6N4O2. The molecule has 1 N–H and O–H groups in total. The Morgan fingerprint density at radius 2 is 2.29 bits per heavy atom. The molecule has 0 aliphatic heterocycles. The van der Waals surface area contributed by atoms with Gasteiger partial charge < -0.3 is 0 Å². The number of rotatable bonds is 2. The molecule has 2 aromatic rings. The van der Waals surface area contributed by atoms with Gasteiger partial charge in [-0.3, -0.25) is 10.1 Å². The number of H-pyrrole nitrogens is 1. The molecule has 0 fully saturated rings. The molecule has 14 heavy (non-hydrogen) atoms. The lowest BCUT2D eigenvalue weighted by atomic mass is 10.1. The van der Waals surface area contributed by atoms with Gasteiger partial charge in [-0.15, -0.1) is 0 Å². The molecule has 70 valence electrons. The maximum Gasteiger partial charge on any atom is 0.270 e. The Morgan fingerprint density at radius 1 is 1.43 bits per heavy atom. The molecule has 0 radical (unpaired) electrons. The Bertz CT molecular complexity index is 452. The van der Waals surface area contributed by atoms with Gasteiger partial charge >= 0.3 is 0 Å². The number of non-ortho nitro benzene ring substituents is 1. The molecule has 0 spiro atoms. The van der Waals surface area contributed by atoms with Crippen molar-refractivity contribution < 1.29 is 4.92 Å². The van der Waals surface area contributed by atoms with Crippen molar-refractivity contribution in [3.63, 3.8) is 0 Å². The van der Waals surface area contributed by atoms with Crippen LogP contribution in [0.25, 0.3) is 11.3 Å². The van der Waals surface area contributed by atoms with E-state index in [1.807, 2.05) is 0 Å². The highest BCUT2D eigenvalue weighted by atomic mass is 16.6. The number of nitro groups is 1. The summed E-state index contributed by atoms with van der Waals surface area (Å²) in [5.74, 6) is 0. The lowest BCUT2D eigenvalue weighted by Crippen LogP contribution is -1.88. The third kappa shape index (κ3) is 1.45. The average molecular weight is 190 g/mol. The molecule has 0 unspecified atom stereocenters. The molecule has 0 bridgehead atoms.